The van der Waals surface area contributed by atoms with Gasteiger partial charge in [-0.1, -0.05) is 68.0 Å². The molecule has 0 N–H and O–H groups in total. The summed E-state index contributed by atoms with van der Waals surface area (Å²) in [6, 6.07) is 21.5. The normalized spacial score (nSPS) is 10.1. The van der Waals surface area contributed by atoms with Gasteiger partial charge in [0, 0.05) is 11.1 Å². The molecule has 3 aromatic carbocycles. The Balaban J connectivity index is 1.72. The van der Waals surface area contributed by atoms with E-state index in [1.54, 1.807) is 0 Å². The van der Waals surface area contributed by atoms with Gasteiger partial charge in [-0.2, -0.15) is 4.99 Å². The Labute approximate surface area is 185 Å². The molecule has 1 nitrogen and oxygen atoms in total. The van der Waals surface area contributed by atoms with E-state index in [-0.39, 0.29) is 0 Å². The van der Waals surface area contributed by atoms with Crippen molar-refractivity contribution in [2.75, 3.05) is 0 Å². The van der Waals surface area contributed by atoms with Crippen LogP contribution in [0.4, 0.5) is 5.69 Å². The van der Waals surface area contributed by atoms with Gasteiger partial charge in [-0.3, -0.25) is 0 Å². The molecule has 150 valence electrons. The molecule has 3 aromatic rings. The van der Waals surface area contributed by atoms with Crippen LogP contribution in [0.2, 0.25) is 0 Å². The summed E-state index contributed by atoms with van der Waals surface area (Å²) < 4.78 is 0. The van der Waals surface area contributed by atoms with E-state index in [0.717, 1.165) is 27.9 Å². The fourth-order valence-electron chi connectivity index (χ4n) is 3.58. The maximum Gasteiger partial charge on any atom is 0.0798 e. The van der Waals surface area contributed by atoms with Crippen LogP contribution >= 0.6 is 12.2 Å². The Morgan fingerprint density at radius 1 is 0.767 bits per heavy atom. The third-order valence-corrected chi connectivity index (χ3v) is 5.33. The van der Waals surface area contributed by atoms with Crippen LogP contribution < -0.4 is 0 Å². The number of aryl methyl sites for hydroxylation is 3. The number of isothiocyanates is 1. The molecule has 0 bridgehead atoms. The molecule has 0 aliphatic rings. The number of hydrogen-bond donors (Lipinski definition) is 0. The molecule has 0 saturated carbocycles. The monoisotopic (exact) mass is 409 g/mol. The van der Waals surface area contributed by atoms with Crippen molar-refractivity contribution in [1.82, 2.24) is 0 Å². The molecule has 0 amide bonds. The first-order valence-corrected chi connectivity index (χ1v) is 10.9. The summed E-state index contributed by atoms with van der Waals surface area (Å²) in [6.07, 6.45) is 5.00. The Kier molecular flexibility index (Phi) is 7.75. The second-order valence-electron chi connectivity index (χ2n) is 7.64. The molecule has 0 heterocycles. The molecular weight excluding hydrogens is 382 g/mol. The molecular formula is C28H27NS. The molecule has 0 atom stereocenters. The van der Waals surface area contributed by atoms with Crippen LogP contribution in [0.3, 0.4) is 0 Å². The SMILES string of the molecule is CCCCCc1ccc(-c2ccc(C#Cc3cc(C)c(N=C=S)c(C)c3)cc2)cc1. The zero-order valence-electron chi connectivity index (χ0n) is 18.0. The van der Waals surface area contributed by atoms with E-state index in [1.807, 2.05) is 26.0 Å². The summed E-state index contributed by atoms with van der Waals surface area (Å²) in [5, 5.41) is 2.45. The average molecular weight is 410 g/mol. The van der Waals surface area contributed by atoms with Crippen LogP contribution in [-0.2, 0) is 6.42 Å². The summed E-state index contributed by atoms with van der Waals surface area (Å²) >= 11 is 4.73. The van der Waals surface area contributed by atoms with Gasteiger partial charge in [0.1, 0.15) is 0 Å². The molecule has 30 heavy (non-hydrogen) atoms. The van der Waals surface area contributed by atoms with Gasteiger partial charge in [0.05, 0.1) is 10.8 Å². The first-order valence-electron chi connectivity index (χ1n) is 10.5. The predicted molar refractivity (Wildman–Crippen MR) is 132 cm³/mol. The van der Waals surface area contributed by atoms with Crippen molar-refractivity contribution < 1.29 is 0 Å². The molecule has 0 aliphatic heterocycles. The highest BCUT2D eigenvalue weighted by atomic mass is 32.1. The fourth-order valence-corrected chi connectivity index (χ4v) is 3.67. The van der Waals surface area contributed by atoms with Gasteiger partial charge in [-0.15, -0.1) is 0 Å². The summed E-state index contributed by atoms with van der Waals surface area (Å²) in [7, 11) is 0. The minimum atomic E-state index is 0.885. The van der Waals surface area contributed by atoms with Gasteiger partial charge in [0.2, 0.25) is 0 Å². The van der Waals surface area contributed by atoms with E-state index < -0.39 is 0 Å². The number of aliphatic imine (C=N–C) groups is 1. The van der Waals surface area contributed by atoms with Crippen molar-refractivity contribution in [3.63, 3.8) is 0 Å². The van der Waals surface area contributed by atoms with Crippen molar-refractivity contribution >= 4 is 23.1 Å². The molecule has 0 fully saturated rings. The maximum absolute atomic E-state index is 4.73. The number of rotatable bonds is 6. The quantitative estimate of drug-likeness (QED) is 0.175. The lowest BCUT2D eigenvalue weighted by molar-refractivity contribution is 0.717. The van der Waals surface area contributed by atoms with Crippen LogP contribution in [0.15, 0.2) is 65.7 Å². The van der Waals surface area contributed by atoms with Gasteiger partial charge in [-0.05, 0) is 91.0 Å². The van der Waals surface area contributed by atoms with Gasteiger partial charge < -0.3 is 0 Å². The number of thiocarbonyl (C=S) groups is 1. The number of hydrogen-bond acceptors (Lipinski definition) is 2. The molecule has 0 aromatic heterocycles. The zero-order chi connectivity index (χ0) is 21.3. The van der Waals surface area contributed by atoms with Crippen LogP contribution in [-0.4, -0.2) is 5.16 Å². The van der Waals surface area contributed by atoms with Gasteiger partial charge in [-0.25, -0.2) is 0 Å². The van der Waals surface area contributed by atoms with Crippen molar-refractivity contribution in [3.05, 3.63) is 88.5 Å². The maximum atomic E-state index is 4.73. The van der Waals surface area contributed by atoms with Crippen LogP contribution in [0.1, 0.15) is 54.0 Å². The van der Waals surface area contributed by atoms with Gasteiger partial charge in [0.25, 0.3) is 0 Å². The highest BCUT2D eigenvalue weighted by molar-refractivity contribution is 7.78. The second-order valence-corrected chi connectivity index (χ2v) is 7.83. The first kappa shape index (κ1) is 21.7. The summed E-state index contributed by atoms with van der Waals surface area (Å²) in [6.45, 7) is 6.29. The van der Waals surface area contributed by atoms with Gasteiger partial charge in [0.15, 0.2) is 0 Å². The highest BCUT2D eigenvalue weighted by Gasteiger charge is 2.03. The smallest absolute Gasteiger partial charge is 0.0798 e. The molecule has 0 saturated heterocycles. The Hall–Kier alpha value is -2.98. The third kappa shape index (κ3) is 5.77. The highest BCUT2D eigenvalue weighted by Crippen LogP contribution is 2.25. The minimum absolute atomic E-state index is 0.885. The summed E-state index contributed by atoms with van der Waals surface area (Å²) in [4.78, 5) is 4.14. The molecule has 0 spiro atoms. The lowest BCUT2D eigenvalue weighted by Gasteiger charge is -2.05. The van der Waals surface area contributed by atoms with Gasteiger partial charge >= 0.3 is 0 Å². The fraction of sp³-hybridized carbons (Fsp3) is 0.250. The first-order chi connectivity index (χ1) is 14.6. The van der Waals surface area contributed by atoms with Crippen LogP contribution in [0, 0.1) is 25.7 Å². The van der Waals surface area contributed by atoms with E-state index in [2.05, 4.69) is 77.4 Å². The lowest BCUT2D eigenvalue weighted by Crippen LogP contribution is -1.86. The number of nitrogens with zero attached hydrogens (tertiary/aromatic N) is 1. The van der Waals surface area contributed by atoms with Crippen molar-refractivity contribution in [1.29, 1.82) is 0 Å². The Morgan fingerprint density at radius 3 is 1.90 bits per heavy atom. The Bertz CT molecular complexity index is 1080. The van der Waals surface area contributed by atoms with E-state index in [1.165, 1.54) is 42.4 Å². The largest absolute Gasteiger partial charge is 0.194 e. The Morgan fingerprint density at radius 2 is 1.33 bits per heavy atom. The zero-order valence-corrected chi connectivity index (χ0v) is 18.8. The summed E-state index contributed by atoms with van der Waals surface area (Å²) in [5.74, 6) is 6.53. The van der Waals surface area contributed by atoms with E-state index >= 15 is 0 Å². The van der Waals surface area contributed by atoms with E-state index in [9.17, 15) is 0 Å². The van der Waals surface area contributed by atoms with Crippen molar-refractivity contribution in [3.8, 4) is 23.0 Å². The summed E-state index contributed by atoms with van der Waals surface area (Å²) in [5.41, 5.74) is 8.88. The van der Waals surface area contributed by atoms with E-state index in [4.69, 9.17) is 12.2 Å². The third-order valence-electron chi connectivity index (χ3n) is 5.24. The molecule has 0 aliphatic carbocycles. The molecule has 0 unspecified atom stereocenters. The number of benzene rings is 3. The van der Waals surface area contributed by atoms with Crippen LogP contribution in [0.25, 0.3) is 11.1 Å². The predicted octanol–water partition coefficient (Wildman–Crippen LogP) is 7.84. The second kappa shape index (κ2) is 10.7. The average Bonchev–Trinajstić information content (AvgIpc) is 2.76. The number of unbranched alkanes of at least 4 members (excludes halogenated alkanes) is 2. The molecule has 3 rings (SSSR count). The topological polar surface area (TPSA) is 12.4 Å². The molecule has 0 radical (unpaired) electrons. The van der Waals surface area contributed by atoms with Crippen LogP contribution in [0.5, 0.6) is 0 Å². The minimum Gasteiger partial charge on any atom is -0.194 e. The lowest BCUT2D eigenvalue weighted by atomic mass is 10.0. The van der Waals surface area contributed by atoms with Crippen molar-refractivity contribution in [2.24, 2.45) is 4.99 Å². The molecule has 2 heteroatoms. The van der Waals surface area contributed by atoms with E-state index in [0.29, 0.717) is 0 Å². The standard InChI is InChI=1S/C28H27NS/c1-4-5-6-7-23-10-14-26(15-11-23)27-16-12-24(13-17-27)8-9-25-18-21(2)28(29-20-30)22(3)19-25/h10-19H,4-7H2,1-3H3. The van der Waals surface area contributed by atoms with Crippen molar-refractivity contribution in [2.45, 2.75) is 46.5 Å².